The van der Waals surface area contributed by atoms with Crippen LogP contribution in [0.15, 0.2) is 24.3 Å². The maximum atomic E-state index is 11.0. The van der Waals surface area contributed by atoms with Crippen molar-refractivity contribution in [1.29, 1.82) is 0 Å². The SMILES string of the molecule is CC(=O)Nc1cccc(NC2CCN(C)CC2)c1. The number of hydrogen-bond acceptors (Lipinski definition) is 3. The van der Waals surface area contributed by atoms with E-state index in [1.807, 2.05) is 24.3 Å². The van der Waals surface area contributed by atoms with Crippen molar-refractivity contribution in [1.82, 2.24) is 4.90 Å². The van der Waals surface area contributed by atoms with Crippen molar-refractivity contribution in [3.05, 3.63) is 24.3 Å². The maximum absolute atomic E-state index is 11.0. The van der Waals surface area contributed by atoms with Crippen LogP contribution in [0.1, 0.15) is 19.8 Å². The number of piperidine rings is 1. The molecule has 4 heteroatoms. The number of benzene rings is 1. The van der Waals surface area contributed by atoms with E-state index >= 15 is 0 Å². The molecule has 1 aliphatic rings. The van der Waals surface area contributed by atoms with Crippen LogP contribution < -0.4 is 10.6 Å². The van der Waals surface area contributed by atoms with Crippen LogP contribution in [0, 0.1) is 0 Å². The monoisotopic (exact) mass is 247 g/mol. The van der Waals surface area contributed by atoms with E-state index < -0.39 is 0 Å². The molecule has 0 radical (unpaired) electrons. The molecule has 1 amide bonds. The van der Waals surface area contributed by atoms with Crippen LogP contribution in [0.2, 0.25) is 0 Å². The number of anilines is 2. The van der Waals surface area contributed by atoms with Gasteiger partial charge in [-0.15, -0.1) is 0 Å². The molecular formula is C14H21N3O. The first kappa shape index (κ1) is 12.9. The second-order valence-corrected chi connectivity index (χ2v) is 4.98. The third-order valence-corrected chi connectivity index (χ3v) is 3.27. The molecule has 1 aliphatic heterocycles. The second-order valence-electron chi connectivity index (χ2n) is 4.98. The first-order valence-electron chi connectivity index (χ1n) is 6.46. The number of carbonyl (C=O) groups excluding carboxylic acids is 1. The van der Waals surface area contributed by atoms with E-state index in [0.717, 1.165) is 24.5 Å². The first-order chi connectivity index (χ1) is 8.63. The Labute approximate surface area is 108 Å². The zero-order valence-electron chi connectivity index (χ0n) is 11.1. The summed E-state index contributed by atoms with van der Waals surface area (Å²) in [7, 11) is 2.16. The van der Waals surface area contributed by atoms with E-state index in [1.54, 1.807) is 0 Å². The largest absolute Gasteiger partial charge is 0.382 e. The summed E-state index contributed by atoms with van der Waals surface area (Å²) in [5.74, 6) is -0.0357. The van der Waals surface area contributed by atoms with Gasteiger partial charge in [-0.25, -0.2) is 0 Å². The van der Waals surface area contributed by atoms with E-state index in [0.29, 0.717) is 6.04 Å². The van der Waals surface area contributed by atoms with Gasteiger partial charge in [-0.2, -0.15) is 0 Å². The van der Waals surface area contributed by atoms with Crippen LogP contribution >= 0.6 is 0 Å². The van der Waals surface area contributed by atoms with Crippen molar-refractivity contribution in [3.63, 3.8) is 0 Å². The van der Waals surface area contributed by atoms with Gasteiger partial charge in [0.2, 0.25) is 5.91 Å². The fourth-order valence-corrected chi connectivity index (χ4v) is 2.28. The van der Waals surface area contributed by atoms with Crippen LogP contribution in [0.5, 0.6) is 0 Å². The highest BCUT2D eigenvalue weighted by Crippen LogP contribution is 2.19. The standard InChI is InChI=1S/C14H21N3O/c1-11(18)15-13-4-3-5-14(10-13)16-12-6-8-17(2)9-7-12/h3-5,10,12,16H,6-9H2,1-2H3,(H,15,18). The maximum Gasteiger partial charge on any atom is 0.221 e. The number of carbonyl (C=O) groups is 1. The van der Waals surface area contributed by atoms with E-state index in [4.69, 9.17) is 0 Å². The van der Waals surface area contributed by atoms with Crippen molar-refractivity contribution >= 4 is 17.3 Å². The summed E-state index contributed by atoms with van der Waals surface area (Å²) in [5, 5.41) is 6.34. The van der Waals surface area contributed by atoms with Crippen LogP contribution in [-0.2, 0) is 4.79 Å². The van der Waals surface area contributed by atoms with Gasteiger partial charge in [0.25, 0.3) is 0 Å². The molecule has 2 rings (SSSR count). The topological polar surface area (TPSA) is 44.4 Å². The summed E-state index contributed by atoms with van der Waals surface area (Å²) in [6.07, 6.45) is 2.34. The molecule has 1 aromatic carbocycles. The quantitative estimate of drug-likeness (QED) is 0.860. The van der Waals surface area contributed by atoms with E-state index in [-0.39, 0.29) is 5.91 Å². The van der Waals surface area contributed by atoms with E-state index in [9.17, 15) is 4.79 Å². The van der Waals surface area contributed by atoms with Crippen molar-refractivity contribution in [3.8, 4) is 0 Å². The van der Waals surface area contributed by atoms with Crippen LogP contribution in [0.25, 0.3) is 0 Å². The minimum atomic E-state index is -0.0357. The first-order valence-corrected chi connectivity index (χ1v) is 6.46. The average Bonchev–Trinajstić information content (AvgIpc) is 2.32. The van der Waals surface area contributed by atoms with Crippen LogP contribution in [0.3, 0.4) is 0 Å². The Morgan fingerprint density at radius 1 is 1.28 bits per heavy atom. The molecule has 4 nitrogen and oxygen atoms in total. The fourth-order valence-electron chi connectivity index (χ4n) is 2.28. The summed E-state index contributed by atoms with van der Waals surface area (Å²) in [5.41, 5.74) is 1.93. The lowest BCUT2D eigenvalue weighted by molar-refractivity contribution is -0.114. The smallest absolute Gasteiger partial charge is 0.221 e. The molecular weight excluding hydrogens is 226 g/mol. The molecule has 1 saturated heterocycles. The minimum absolute atomic E-state index is 0.0357. The molecule has 0 bridgehead atoms. The number of nitrogens with one attached hydrogen (secondary N) is 2. The Balaban J connectivity index is 1.94. The third kappa shape index (κ3) is 3.74. The summed E-state index contributed by atoms with van der Waals surface area (Å²) >= 11 is 0. The number of rotatable bonds is 3. The lowest BCUT2D eigenvalue weighted by atomic mass is 10.1. The fraction of sp³-hybridized carbons (Fsp3) is 0.500. The molecule has 0 unspecified atom stereocenters. The summed E-state index contributed by atoms with van der Waals surface area (Å²) in [6, 6.07) is 8.43. The number of amides is 1. The van der Waals surface area contributed by atoms with Crippen molar-refractivity contribution in [2.75, 3.05) is 30.8 Å². The predicted molar refractivity (Wildman–Crippen MR) is 74.9 cm³/mol. The molecule has 0 saturated carbocycles. The predicted octanol–water partition coefficient (Wildman–Crippen LogP) is 2.15. The highest BCUT2D eigenvalue weighted by molar-refractivity contribution is 5.89. The summed E-state index contributed by atoms with van der Waals surface area (Å²) in [4.78, 5) is 13.4. The van der Waals surface area contributed by atoms with Gasteiger partial charge in [0.15, 0.2) is 0 Å². The van der Waals surface area contributed by atoms with E-state index in [2.05, 4.69) is 22.6 Å². The average molecular weight is 247 g/mol. The second kappa shape index (κ2) is 5.87. The Bertz CT molecular complexity index is 411. The lowest BCUT2D eigenvalue weighted by Gasteiger charge is -2.30. The van der Waals surface area contributed by atoms with Gasteiger partial charge in [-0.1, -0.05) is 6.07 Å². The molecule has 1 aromatic rings. The molecule has 0 aliphatic carbocycles. The molecule has 0 aromatic heterocycles. The molecule has 0 atom stereocenters. The molecule has 1 fully saturated rings. The Hall–Kier alpha value is -1.55. The van der Waals surface area contributed by atoms with Crippen molar-refractivity contribution < 1.29 is 4.79 Å². The number of nitrogens with zero attached hydrogens (tertiary/aromatic N) is 1. The normalized spacial score (nSPS) is 17.4. The molecule has 98 valence electrons. The molecule has 2 N–H and O–H groups in total. The highest BCUT2D eigenvalue weighted by atomic mass is 16.1. The minimum Gasteiger partial charge on any atom is -0.382 e. The summed E-state index contributed by atoms with van der Waals surface area (Å²) in [6.45, 7) is 3.81. The molecule has 18 heavy (non-hydrogen) atoms. The van der Waals surface area contributed by atoms with Gasteiger partial charge < -0.3 is 15.5 Å². The van der Waals surface area contributed by atoms with Gasteiger partial charge in [0.05, 0.1) is 0 Å². The zero-order valence-corrected chi connectivity index (χ0v) is 11.1. The Morgan fingerprint density at radius 3 is 2.61 bits per heavy atom. The number of hydrogen-bond donors (Lipinski definition) is 2. The van der Waals surface area contributed by atoms with Crippen LogP contribution in [-0.4, -0.2) is 37.0 Å². The van der Waals surface area contributed by atoms with Gasteiger partial charge >= 0.3 is 0 Å². The highest BCUT2D eigenvalue weighted by Gasteiger charge is 2.16. The van der Waals surface area contributed by atoms with Crippen molar-refractivity contribution in [2.45, 2.75) is 25.8 Å². The van der Waals surface area contributed by atoms with Gasteiger partial charge in [-0.05, 0) is 51.2 Å². The number of likely N-dealkylation sites (tertiary alicyclic amines) is 1. The van der Waals surface area contributed by atoms with Crippen LogP contribution in [0.4, 0.5) is 11.4 Å². The lowest BCUT2D eigenvalue weighted by Crippen LogP contribution is -2.36. The van der Waals surface area contributed by atoms with Gasteiger partial charge in [0, 0.05) is 24.3 Å². The molecule has 0 spiro atoms. The molecule has 1 heterocycles. The zero-order chi connectivity index (χ0) is 13.0. The van der Waals surface area contributed by atoms with Gasteiger partial charge in [-0.3, -0.25) is 4.79 Å². The van der Waals surface area contributed by atoms with Crippen molar-refractivity contribution in [2.24, 2.45) is 0 Å². The van der Waals surface area contributed by atoms with E-state index in [1.165, 1.54) is 19.8 Å². The Morgan fingerprint density at radius 2 is 1.94 bits per heavy atom. The third-order valence-electron chi connectivity index (χ3n) is 3.27. The Kier molecular flexibility index (Phi) is 4.20. The van der Waals surface area contributed by atoms with Gasteiger partial charge in [0.1, 0.15) is 0 Å². The summed E-state index contributed by atoms with van der Waals surface area (Å²) < 4.78 is 0.